The molecule has 1 aromatic carbocycles. The predicted octanol–water partition coefficient (Wildman–Crippen LogP) is 1.53. The standard InChI is InChI=1S/C17H22N4O/c1-13-7-8-18-11-16(13)20-17(22)9-14-10-19-21(12-14)15-5-3-2-4-6-15/h2-6,10,12-13,16,18H,7-9,11H2,1H3,(H,20,22). The molecule has 0 radical (unpaired) electrons. The van der Waals surface area contributed by atoms with E-state index in [-0.39, 0.29) is 11.9 Å². The molecule has 2 N–H and O–H groups in total. The highest BCUT2D eigenvalue weighted by Gasteiger charge is 2.22. The summed E-state index contributed by atoms with van der Waals surface area (Å²) in [5, 5.41) is 10.8. The molecule has 0 bridgehead atoms. The van der Waals surface area contributed by atoms with Crippen molar-refractivity contribution >= 4 is 5.91 Å². The smallest absolute Gasteiger partial charge is 0.224 e. The maximum Gasteiger partial charge on any atom is 0.224 e. The van der Waals surface area contributed by atoms with E-state index in [1.807, 2.05) is 36.5 Å². The first kappa shape index (κ1) is 14.8. The van der Waals surface area contributed by atoms with Gasteiger partial charge in [0.05, 0.1) is 18.3 Å². The SMILES string of the molecule is CC1CCNCC1NC(=O)Cc1cnn(-c2ccccc2)c1. The van der Waals surface area contributed by atoms with Crippen LogP contribution in [0.25, 0.3) is 5.69 Å². The molecular weight excluding hydrogens is 276 g/mol. The molecule has 2 unspecified atom stereocenters. The van der Waals surface area contributed by atoms with Crippen molar-refractivity contribution in [1.82, 2.24) is 20.4 Å². The highest BCUT2D eigenvalue weighted by molar-refractivity contribution is 5.78. The molecule has 1 aliphatic heterocycles. The zero-order valence-electron chi connectivity index (χ0n) is 12.8. The second-order valence-corrected chi connectivity index (χ2v) is 5.95. The molecule has 116 valence electrons. The Hall–Kier alpha value is -2.14. The van der Waals surface area contributed by atoms with E-state index in [0.717, 1.165) is 30.8 Å². The molecule has 22 heavy (non-hydrogen) atoms. The van der Waals surface area contributed by atoms with Gasteiger partial charge in [-0.1, -0.05) is 25.1 Å². The lowest BCUT2D eigenvalue weighted by Crippen LogP contribution is -2.50. The Balaban J connectivity index is 1.59. The molecule has 0 aliphatic carbocycles. The van der Waals surface area contributed by atoms with E-state index in [1.54, 1.807) is 10.9 Å². The number of rotatable bonds is 4. The van der Waals surface area contributed by atoms with Crippen LogP contribution in [0.3, 0.4) is 0 Å². The normalized spacial score (nSPS) is 21.5. The van der Waals surface area contributed by atoms with Gasteiger partial charge in [0.25, 0.3) is 0 Å². The Morgan fingerprint density at radius 1 is 1.41 bits per heavy atom. The van der Waals surface area contributed by atoms with Crippen molar-refractivity contribution in [3.63, 3.8) is 0 Å². The summed E-state index contributed by atoms with van der Waals surface area (Å²) in [6, 6.07) is 10.1. The van der Waals surface area contributed by atoms with Crippen LogP contribution in [0.15, 0.2) is 42.7 Å². The van der Waals surface area contributed by atoms with Gasteiger partial charge >= 0.3 is 0 Å². The van der Waals surface area contributed by atoms with Crippen LogP contribution in [0, 0.1) is 5.92 Å². The zero-order valence-corrected chi connectivity index (χ0v) is 12.8. The lowest BCUT2D eigenvalue weighted by atomic mass is 9.94. The van der Waals surface area contributed by atoms with Crippen molar-refractivity contribution in [2.45, 2.75) is 25.8 Å². The molecule has 1 amide bonds. The van der Waals surface area contributed by atoms with Crippen LogP contribution in [0.1, 0.15) is 18.9 Å². The third-order valence-corrected chi connectivity index (χ3v) is 4.20. The molecule has 5 nitrogen and oxygen atoms in total. The largest absolute Gasteiger partial charge is 0.352 e. The highest BCUT2D eigenvalue weighted by atomic mass is 16.1. The Morgan fingerprint density at radius 2 is 2.23 bits per heavy atom. The van der Waals surface area contributed by atoms with Crippen LogP contribution in [0.2, 0.25) is 0 Å². The van der Waals surface area contributed by atoms with Gasteiger partial charge in [-0.2, -0.15) is 5.10 Å². The molecule has 2 aromatic rings. The third kappa shape index (κ3) is 3.54. The summed E-state index contributed by atoms with van der Waals surface area (Å²) in [6.45, 7) is 4.09. The van der Waals surface area contributed by atoms with Crippen molar-refractivity contribution in [3.05, 3.63) is 48.3 Å². The summed E-state index contributed by atoms with van der Waals surface area (Å²) in [6.07, 6.45) is 5.15. The predicted molar refractivity (Wildman–Crippen MR) is 85.8 cm³/mol. The fourth-order valence-electron chi connectivity index (χ4n) is 2.80. The Morgan fingerprint density at radius 3 is 3.00 bits per heavy atom. The van der Waals surface area contributed by atoms with Crippen molar-refractivity contribution < 1.29 is 4.79 Å². The monoisotopic (exact) mass is 298 g/mol. The second kappa shape index (κ2) is 6.75. The van der Waals surface area contributed by atoms with Crippen LogP contribution in [-0.2, 0) is 11.2 Å². The molecule has 1 aromatic heterocycles. The lowest BCUT2D eigenvalue weighted by molar-refractivity contribution is -0.121. The zero-order chi connectivity index (χ0) is 15.4. The highest BCUT2D eigenvalue weighted by Crippen LogP contribution is 2.12. The van der Waals surface area contributed by atoms with E-state index < -0.39 is 0 Å². The van der Waals surface area contributed by atoms with Crippen LogP contribution in [-0.4, -0.2) is 34.8 Å². The molecule has 2 atom stereocenters. The van der Waals surface area contributed by atoms with Crippen molar-refractivity contribution in [2.75, 3.05) is 13.1 Å². The number of nitrogens with zero attached hydrogens (tertiary/aromatic N) is 2. The fourth-order valence-corrected chi connectivity index (χ4v) is 2.80. The van der Waals surface area contributed by atoms with E-state index in [0.29, 0.717) is 12.3 Å². The first-order valence-electron chi connectivity index (χ1n) is 7.81. The van der Waals surface area contributed by atoms with E-state index in [9.17, 15) is 4.79 Å². The number of piperidine rings is 1. The number of carbonyl (C=O) groups is 1. The number of carbonyl (C=O) groups excluding carboxylic acids is 1. The van der Waals surface area contributed by atoms with Gasteiger partial charge in [0, 0.05) is 18.8 Å². The Bertz CT molecular complexity index is 623. The average molecular weight is 298 g/mol. The second-order valence-electron chi connectivity index (χ2n) is 5.95. The minimum atomic E-state index is 0.0631. The molecule has 1 aliphatic rings. The topological polar surface area (TPSA) is 58.9 Å². The maximum atomic E-state index is 12.2. The van der Waals surface area contributed by atoms with E-state index >= 15 is 0 Å². The van der Waals surface area contributed by atoms with Gasteiger partial charge in [0.1, 0.15) is 0 Å². The summed E-state index contributed by atoms with van der Waals surface area (Å²) in [5.41, 5.74) is 1.93. The Kier molecular flexibility index (Phi) is 4.53. The summed E-state index contributed by atoms with van der Waals surface area (Å²) >= 11 is 0. The third-order valence-electron chi connectivity index (χ3n) is 4.20. The van der Waals surface area contributed by atoms with Crippen molar-refractivity contribution in [3.8, 4) is 5.69 Å². The molecule has 1 saturated heterocycles. The van der Waals surface area contributed by atoms with Gasteiger partial charge in [-0.25, -0.2) is 4.68 Å². The Labute approximate surface area is 130 Å². The van der Waals surface area contributed by atoms with Crippen LogP contribution in [0.5, 0.6) is 0 Å². The molecule has 3 rings (SSSR count). The quantitative estimate of drug-likeness (QED) is 0.900. The fraction of sp³-hybridized carbons (Fsp3) is 0.412. The molecule has 0 saturated carbocycles. The van der Waals surface area contributed by atoms with E-state index in [1.165, 1.54) is 0 Å². The number of amides is 1. The number of aromatic nitrogens is 2. The van der Waals surface area contributed by atoms with Crippen LogP contribution in [0.4, 0.5) is 0 Å². The van der Waals surface area contributed by atoms with Crippen molar-refractivity contribution in [1.29, 1.82) is 0 Å². The van der Waals surface area contributed by atoms with E-state index in [2.05, 4.69) is 22.7 Å². The minimum Gasteiger partial charge on any atom is -0.352 e. The summed E-state index contributed by atoms with van der Waals surface area (Å²) in [5.74, 6) is 0.588. The number of para-hydroxylation sites is 1. The van der Waals surface area contributed by atoms with E-state index in [4.69, 9.17) is 0 Å². The molecular formula is C17H22N4O. The van der Waals surface area contributed by atoms with Crippen molar-refractivity contribution in [2.24, 2.45) is 5.92 Å². The molecule has 5 heteroatoms. The summed E-state index contributed by atoms with van der Waals surface area (Å²) in [4.78, 5) is 12.2. The van der Waals surface area contributed by atoms with Crippen LogP contribution < -0.4 is 10.6 Å². The van der Waals surface area contributed by atoms with Gasteiger partial charge in [-0.3, -0.25) is 4.79 Å². The first-order valence-corrected chi connectivity index (χ1v) is 7.81. The van der Waals surface area contributed by atoms with Gasteiger partial charge in [0.2, 0.25) is 5.91 Å². The van der Waals surface area contributed by atoms with Gasteiger partial charge in [-0.05, 0) is 36.6 Å². The van der Waals surface area contributed by atoms with Gasteiger partial charge in [0.15, 0.2) is 0 Å². The number of nitrogens with one attached hydrogen (secondary N) is 2. The molecule has 0 spiro atoms. The summed E-state index contributed by atoms with van der Waals surface area (Å²) in [7, 11) is 0. The lowest BCUT2D eigenvalue weighted by Gasteiger charge is -2.30. The first-order chi connectivity index (χ1) is 10.7. The minimum absolute atomic E-state index is 0.0631. The summed E-state index contributed by atoms with van der Waals surface area (Å²) < 4.78 is 1.80. The average Bonchev–Trinajstić information content (AvgIpc) is 2.99. The molecule has 2 heterocycles. The maximum absolute atomic E-state index is 12.2. The number of hydrogen-bond acceptors (Lipinski definition) is 3. The van der Waals surface area contributed by atoms with Gasteiger partial charge < -0.3 is 10.6 Å². The molecule has 1 fully saturated rings. The van der Waals surface area contributed by atoms with Gasteiger partial charge in [-0.15, -0.1) is 0 Å². The number of hydrogen-bond donors (Lipinski definition) is 2. The number of benzene rings is 1. The van der Waals surface area contributed by atoms with Crippen LogP contribution >= 0.6 is 0 Å².